The molecule has 1 unspecified atom stereocenters. The minimum absolute atomic E-state index is 0.0574. The van der Waals surface area contributed by atoms with Gasteiger partial charge in [-0.2, -0.15) is 0 Å². The third-order valence-electron chi connectivity index (χ3n) is 3.65. The molecule has 2 heterocycles. The third-order valence-corrected chi connectivity index (χ3v) is 5.05. The Balaban J connectivity index is 1.68. The Bertz CT molecular complexity index is 796. The molecule has 7 nitrogen and oxygen atoms in total. The molecular weight excluding hydrogens is 332 g/mol. The van der Waals surface area contributed by atoms with Crippen molar-refractivity contribution in [3.8, 4) is 0 Å². The average Bonchev–Trinajstić information content (AvgIpc) is 3.27. The molecule has 0 aliphatic carbocycles. The van der Waals surface area contributed by atoms with Crippen LogP contribution in [-0.2, 0) is 26.1 Å². The van der Waals surface area contributed by atoms with Crippen LogP contribution in [0.15, 0.2) is 52.0 Å². The number of hydrogen-bond acceptors (Lipinski definition) is 5. The highest BCUT2D eigenvalue weighted by atomic mass is 32.2. The van der Waals surface area contributed by atoms with Crippen LogP contribution in [0, 0.1) is 0 Å². The zero-order valence-electron chi connectivity index (χ0n) is 12.9. The van der Waals surface area contributed by atoms with E-state index in [-0.39, 0.29) is 17.3 Å². The quantitative estimate of drug-likeness (QED) is 0.829. The molecule has 24 heavy (non-hydrogen) atoms. The second-order valence-corrected chi connectivity index (χ2v) is 7.19. The molecule has 0 radical (unpaired) electrons. The second kappa shape index (κ2) is 7.16. The van der Waals surface area contributed by atoms with Crippen LogP contribution < -0.4 is 10.0 Å². The van der Waals surface area contributed by atoms with Gasteiger partial charge >= 0.3 is 0 Å². The molecule has 1 fully saturated rings. The average molecular weight is 350 g/mol. The molecule has 2 aromatic rings. The summed E-state index contributed by atoms with van der Waals surface area (Å²) in [5, 5.41) is 2.69. The fourth-order valence-corrected chi connectivity index (χ4v) is 3.45. The van der Waals surface area contributed by atoms with E-state index in [2.05, 4.69) is 10.0 Å². The van der Waals surface area contributed by atoms with Crippen molar-refractivity contribution in [3.05, 3.63) is 48.4 Å². The standard InChI is InChI=1S/C16H18N2O5S/c19-16(15-7-3-9-23-15)18-12-4-1-6-14(10-12)24(20,21)17-11-13-5-2-8-22-13/h1-2,4-6,8,10,15,17H,3,7,9,11H2,(H,18,19). The summed E-state index contributed by atoms with van der Waals surface area (Å²) in [5.74, 6) is 0.256. The van der Waals surface area contributed by atoms with Gasteiger partial charge in [0.25, 0.3) is 5.91 Å². The Hall–Kier alpha value is -2.16. The van der Waals surface area contributed by atoms with E-state index in [1.165, 1.54) is 18.4 Å². The zero-order valence-corrected chi connectivity index (χ0v) is 13.7. The van der Waals surface area contributed by atoms with Crippen LogP contribution in [0.25, 0.3) is 0 Å². The number of sulfonamides is 1. The number of nitrogens with one attached hydrogen (secondary N) is 2. The zero-order chi connectivity index (χ0) is 17.0. The lowest BCUT2D eigenvalue weighted by molar-refractivity contribution is -0.124. The van der Waals surface area contributed by atoms with E-state index in [0.29, 0.717) is 24.5 Å². The van der Waals surface area contributed by atoms with Gasteiger partial charge in [-0.15, -0.1) is 0 Å². The van der Waals surface area contributed by atoms with Gasteiger partial charge in [-0.25, -0.2) is 13.1 Å². The Kier molecular flexibility index (Phi) is 4.98. The topological polar surface area (TPSA) is 97.6 Å². The maximum atomic E-state index is 12.3. The molecule has 8 heteroatoms. The molecule has 128 valence electrons. The molecule has 0 spiro atoms. The van der Waals surface area contributed by atoms with Crippen LogP contribution in [0.2, 0.25) is 0 Å². The number of carbonyl (C=O) groups is 1. The number of benzene rings is 1. The fourth-order valence-electron chi connectivity index (χ4n) is 2.41. The molecule has 0 saturated carbocycles. The first-order valence-electron chi connectivity index (χ1n) is 7.59. The van der Waals surface area contributed by atoms with E-state index in [9.17, 15) is 13.2 Å². The van der Waals surface area contributed by atoms with Gasteiger partial charge in [0.05, 0.1) is 17.7 Å². The first kappa shape index (κ1) is 16.7. The SMILES string of the molecule is O=C(Nc1cccc(S(=O)(=O)NCc2ccco2)c1)C1CCCO1. The Morgan fingerprint density at radius 1 is 1.25 bits per heavy atom. The van der Waals surface area contributed by atoms with Gasteiger partial charge in [-0.05, 0) is 43.2 Å². The molecule has 1 aromatic heterocycles. The van der Waals surface area contributed by atoms with Crippen molar-refractivity contribution in [1.29, 1.82) is 0 Å². The van der Waals surface area contributed by atoms with E-state index < -0.39 is 16.1 Å². The normalized spacial score (nSPS) is 17.8. The number of ether oxygens (including phenoxy) is 1. The van der Waals surface area contributed by atoms with Gasteiger partial charge in [0.1, 0.15) is 11.9 Å². The van der Waals surface area contributed by atoms with E-state index in [0.717, 1.165) is 6.42 Å². The Morgan fingerprint density at radius 2 is 2.12 bits per heavy atom. The lowest BCUT2D eigenvalue weighted by Gasteiger charge is -2.12. The molecule has 1 saturated heterocycles. The molecule has 1 amide bonds. The van der Waals surface area contributed by atoms with Crippen LogP contribution in [0.5, 0.6) is 0 Å². The molecule has 0 bridgehead atoms. The van der Waals surface area contributed by atoms with Crippen molar-refractivity contribution in [3.63, 3.8) is 0 Å². The fraction of sp³-hybridized carbons (Fsp3) is 0.312. The number of carbonyl (C=O) groups excluding carboxylic acids is 1. The lowest BCUT2D eigenvalue weighted by atomic mass is 10.2. The Labute approximate surface area is 140 Å². The highest BCUT2D eigenvalue weighted by Crippen LogP contribution is 2.18. The van der Waals surface area contributed by atoms with E-state index in [1.807, 2.05) is 0 Å². The number of hydrogen-bond donors (Lipinski definition) is 2. The summed E-state index contributed by atoms with van der Waals surface area (Å²) < 4.78 is 37.5. The molecule has 1 aliphatic heterocycles. The summed E-state index contributed by atoms with van der Waals surface area (Å²) in [7, 11) is -3.71. The van der Waals surface area contributed by atoms with Crippen molar-refractivity contribution >= 4 is 21.6 Å². The van der Waals surface area contributed by atoms with Crippen LogP contribution in [0.1, 0.15) is 18.6 Å². The van der Waals surface area contributed by atoms with Crippen molar-refractivity contribution < 1.29 is 22.4 Å². The molecule has 1 aromatic carbocycles. The molecule has 2 N–H and O–H groups in total. The first-order valence-corrected chi connectivity index (χ1v) is 9.07. The van der Waals surface area contributed by atoms with Crippen LogP contribution in [0.4, 0.5) is 5.69 Å². The monoisotopic (exact) mass is 350 g/mol. The number of anilines is 1. The van der Waals surface area contributed by atoms with Crippen LogP contribution >= 0.6 is 0 Å². The second-order valence-electron chi connectivity index (χ2n) is 5.42. The van der Waals surface area contributed by atoms with Crippen molar-refractivity contribution in [2.45, 2.75) is 30.4 Å². The molecular formula is C16H18N2O5S. The highest BCUT2D eigenvalue weighted by Gasteiger charge is 2.24. The van der Waals surface area contributed by atoms with E-state index in [1.54, 1.807) is 24.3 Å². The summed E-state index contributed by atoms with van der Waals surface area (Å²) >= 11 is 0. The predicted molar refractivity (Wildman–Crippen MR) is 86.8 cm³/mol. The summed E-state index contributed by atoms with van der Waals surface area (Å²) in [6, 6.07) is 9.46. The van der Waals surface area contributed by atoms with Crippen molar-refractivity contribution in [2.75, 3.05) is 11.9 Å². The van der Waals surface area contributed by atoms with Crippen LogP contribution in [0.3, 0.4) is 0 Å². The summed E-state index contributed by atoms with van der Waals surface area (Å²) in [6.07, 6.45) is 2.53. The highest BCUT2D eigenvalue weighted by molar-refractivity contribution is 7.89. The van der Waals surface area contributed by atoms with Gasteiger partial charge in [-0.1, -0.05) is 6.07 Å². The Morgan fingerprint density at radius 3 is 2.83 bits per heavy atom. The maximum Gasteiger partial charge on any atom is 0.253 e. The maximum absolute atomic E-state index is 12.3. The number of amides is 1. The number of rotatable bonds is 6. The van der Waals surface area contributed by atoms with E-state index >= 15 is 0 Å². The predicted octanol–water partition coefficient (Wildman–Crippen LogP) is 1.88. The van der Waals surface area contributed by atoms with Gasteiger partial charge < -0.3 is 14.5 Å². The molecule has 1 atom stereocenters. The van der Waals surface area contributed by atoms with E-state index in [4.69, 9.17) is 9.15 Å². The summed E-state index contributed by atoms with van der Waals surface area (Å²) in [6.45, 7) is 0.630. The lowest BCUT2D eigenvalue weighted by Crippen LogP contribution is -2.27. The molecule has 1 aliphatic rings. The largest absolute Gasteiger partial charge is 0.468 e. The smallest absolute Gasteiger partial charge is 0.253 e. The number of furan rings is 1. The van der Waals surface area contributed by atoms with Crippen molar-refractivity contribution in [2.24, 2.45) is 0 Å². The van der Waals surface area contributed by atoms with Gasteiger partial charge in [0, 0.05) is 12.3 Å². The minimum Gasteiger partial charge on any atom is -0.468 e. The summed E-state index contributed by atoms with van der Waals surface area (Å²) in [4.78, 5) is 12.1. The van der Waals surface area contributed by atoms with Crippen molar-refractivity contribution in [1.82, 2.24) is 4.72 Å². The first-order chi connectivity index (χ1) is 11.5. The minimum atomic E-state index is -3.71. The third kappa shape index (κ3) is 4.02. The van der Waals surface area contributed by atoms with Gasteiger partial charge in [0.15, 0.2) is 0 Å². The van der Waals surface area contributed by atoms with Gasteiger partial charge in [-0.3, -0.25) is 4.79 Å². The summed E-state index contributed by atoms with van der Waals surface area (Å²) in [5.41, 5.74) is 0.413. The van der Waals surface area contributed by atoms with Crippen LogP contribution in [-0.4, -0.2) is 27.0 Å². The molecule has 3 rings (SSSR count). The van der Waals surface area contributed by atoms with Gasteiger partial charge in [0.2, 0.25) is 10.0 Å².